The quantitative estimate of drug-likeness (QED) is 0.749. The van der Waals surface area contributed by atoms with Crippen LogP contribution in [0.3, 0.4) is 0 Å². The Balaban J connectivity index is 2.14. The molecule has 1 aliphatic carbocycles. The molecule has 1 saturated carbocycles. The molecule has 2 N–H and O–H groups in total. The summed E-state index contributed by atoms with van der Waals surface area (Å²) in [5.41, 5.74) is -0.921. The summed E-state index contributed by atoms with van der Waals surface area (Å²) in [6.45, 7) is 2.79. The molecule has 1 aliphatic rings. The van der Waals surface area contributed by atoms with Crippen LogP contribution < -0.4 is 10.1 Å². The Morgan fingerprint density at radius 3 is 2.94 bits per heavy atom. The molecule has 0 bridgehead atoms. The van der Waals surface area contributed by atoms with Gasteiger partial charge in [-0.2, -0.15) is 5.10 Å². The van der Waals surface area contributed by atoms with Gasteiger partial charge in [0.25, 0.3) is 0 Å². The summed E-state index contributed by atoms with van der Waals surface area (Å²) < 4.78 is 6.95. The molecule has 0 aliphatic heterocycles. The lowest BCUT2D eigenvalue weighted by Crippen LogP contribution is -2.55. The summed E-state index contributed by atoms with van der Waals surface area (Å²) in [5.74, 6) is 0.0318. The van der Waals surface area contributed by atoms with Crippen LogP contribution in [0.15, 0.2) is 12.4 Å². The summed E-state index contributed by atoms with van der Waals surface area (Å²) in [6.07, 6.45) is 5.25. The van der Waals surface area contributed by atoms with Crippen molar-refractivity contribution in [1.29, 1.82) is 0 Å². The van der Waals surface area contributed by atoms with Crippen molar-refractivity contribution in [2.75, 3.05) is 13.7 Å². The third-order valence-corrected chi connectivity index (χ3v) is 3.43. The number of hydrogen-bond acceptors (Lipinski definition) is 4. The first-order valence-electron chi connectivity index (χ1n) is 6.20. The second-order valence-electron chi connectivity index (χ2n) is 4.61. The maximum absolute atomic E-state index is 11.5. The first-order valence-corrected chi connectivity index (χ1v) is 6.20. The minimum Gasteiger partial charge on any atom is -0.491 e. The minimum atomic E-state index is -0.921. The Morgan fingerprint density at radius 1 is 1.72 bits per heavy atom. The second-order valence-corrected chi connectivity index (χ2v) is 4.61. The van der Waals surface area contributed by atoms with E-state index in [0.29, 0.717) is 18.9 Å². The molecule has 1 heterocycles. The normalized spacial score (nSPS) is 18.3. The Morgan fingerprint density at radius 2 is 2.44 bits per heavy atom. The van der Waals surface area contributed by atoms with Crippen molar-refractivity contribution in [3.05, 3.63) is 12.4 Å². The summed E-state index contributed by atoms with van der Waals surface area (Å²) in [6, 6.07) is 0. The Kier molecular flexibility index (Phi) is 3.56. The van der Waals surface area contributed by atoms with Gasteiger partial charge in [0.2, 0.25) is 0 Å². The molecule has 6 nitrogen and oxygen atoms in total. The van der Waals surface area contributed by atoms with E-state index in [-0.39, 0.29) is 5.92 Å². The minimum absolute atomic E-state index is 0.180. The van der Waals surface area contributed by atoms with Crippen LogP contribution in [0.1, 0.15) is 19.8 Å². The molecule has 2 rings (SSSR count). The van der Waals surface area contributed by atoms with E-state index >= 15 is 0 Å². The number of nitrogens with one attached hydrogen (secondary N) is 1. The van der Waals surface area contributed by atoms with E-state index in [2.05, 4.69) is 10.4 Å². The second kappa shape index (κ2) is 4.97. The fraction of sp³-hybridized carbons (Fsp3) is 0.667. The van der Waals surface area contributed by atoms with Crippen LogP contribution in [-0.4, -0.2) is 40.0 Å². The molecule has 1 unspecified atom stereocenters. The molecule has 100 valence electrons. The molecule has 18 heavy (non-hydrogen) atoms. The highest BCUT2D eigenvalue weighted by molar-refractivity contribution is 5.79. The average molecular weight is 253 g/mol. The van der Waals surface area contributed by atoms with Crippen LogP contribution in [0.5, 0.6) is 5.75 Å². The van der Waals surface area contributed by atoms with Gasteiger partial charge in [-0.05, 0) is 32.7 Å². The van der Waals surface area contributed by atoms with Crippen molar-refractivity contribution in [2.24, 2.45) is 5.92 Å². The predicted molar refractivity (Wildman–Crippen MR) is 65.5 cm³/mol. The van der Waals surface area contributed by atoms with Gasteiger partial charge in [-0.1, -0.05) is 0 Å². The topological polar surface area (TPSA) is 76.4 Å². The highest BCUT2D eigenvalue weighted by Crippen LogP contribution is 2.40. The summed E-state index contributed by atoms with van der Waals surface area (Å²) in [4.78, 5) is 11.5. The highest BCUT2D eigenvalue weighted by Gasteiger charge is 2.50. The lowest BCUT2D eigenvalue weighted by molar-refractivity contribution is -0.146. The fourth-order valence-corrected chi connectivity index (χ4v) is 2.27. The van der Waals surface area contributed by atoms with Gasteiger partial charge in [-0.25, -0.2) is 0 Å². The molecule has 1 aromatic heterocycles. The predicted octanol–water partition coefficient (Wildman–Crippen LogP) is 0.735. The van der Waals surface area contributed by atoms with Gasteiger partial charge in [-0.15, -0.1) is 0 Å². The van der Waals surface area contributed by atoms with Gasteiger partial charge in [0.05, 0.1) is 25.5 Å². The number of aliphatic carboxylic acids is 1. The first kappa shape index (κ1) is 12.9. The van der Waals surface area contributed by atoms with Crippen molar-refractivity contribution in [3.63, 3.8) is 0 Å². The van der Waals surface area contributed by atoms with Crippen LogP contribution in [0.4, 0.5) is 0 Å². The van der Waals surface area contributed by atoms with E-state index in [4.69, 9.17) is 4.74 Å². The number of nitrogens with zero attached hydrogens (tertiary/aromatic N) is 2. The first-order chi connectivity index (χ1) is 8.62. The van der Waals surface area contributed by atoms with E-state index in [1.165, 1.54) is 0 Å². The van der Waals surface area contributed by atoms with Gasteiger partial charge in [0.1, 0.15) is 5.54 Å². The molecule has 6 heteroatoms. The summed E-state index contributed by atoms with van der Waals surface area (Å²) in [7, 11) is 1.69. The molecule has 0 aromatic carbocycles. The Bertz CT molecular complexity index is 428. The number of likely N-dealkylation sites (N-methyl/N-ethyl adjacent to an activating group) is 1. The number of ether oxygens (including phenoxy) is 1. The Labute approximate surface area is 106 Å². The standard InChI is InChI=1S/C12H19N3O3/c1-3-18-10-6-14-15(7-10)8-12(13-2,11(16)17)9-4-5-9/h6-7,9,13H,3-5,8H2,1-2H3,(H,16,17). The monoisotopic (exact) mass is 253 g/mol. The number of carbonyl (C=O) groups is 1. The summed E-state index contributed by atoms with van der Waals surface area (Å²) >= 11 is 0. The molecule has 1 fully saturated rings. The van der Waals surface area contributed by atoms with Gasteiger partial charge in [-0.3, -0.25) is 9.48 Å². The third kappa shape index (κ3) is 2.33. The average Bonchev–Trinajstić information content (AvgIpc) is 3.10. The van der Waals surface area contributed by atoms with E-state index in [1.807, 2.05) is 6.92 Å². The highest BCUT2D eigenvalue weighted by atomic mass is 16.5. The zero-order chi connectivity index (χ0) is 13.2. The number of rotatable bonds is 7. The maximum atomic E-state index is 11.5. The number of carboxylic acids is 1. The Hall–Kier alpha value is -1.56. The van der Waals surface area contributed by atoms with Crippen molar-refractivity contribution in [1.82, 2.24) is 15.1 Å². The molecule has 0 spiro atoms. The maximum Gasteiger partial charge on any atom is 0.326 e. The molecule has 0 radical (unpaired) electrons. The van der Waals surface area contributed by atoms with Crippen molar-refractivity contribution in [2.45, 2.75) is 31.8 Å². The van der Waals surface area contributed by atoms with Crippen LogP contribution in [0, 0.1) is 5.92 Å². The van der Waals surface area contributed by atoms with Gasteiger partial charge in [0.15, 0.2) is 5.75 Å². The largest absolute Gasteiger partial charge is 0.491 e. The number of hydrogen-bond donors (Lipinski definition) is 2. The van der Waals surface area contributed by atoms with Crippen molar-refractivity contribution < 1.29 is 14.6 Å². The zero-order valence-corrected chi connectivity index (χ0v) is 10.7. The SMILES string of the molecule is CCOc1cnn(CC(NC)(C(=O)O)C2CC2)c1. The van der Waals surface area contributed by atoms with E-state index in [9.17, 15) is 9.90 Å². The van der Waals surface area contributed by atoms with Crippen LogP contribution in [0.25, 0.3) is 0 Å². The van der Waals surface area contributed by atoms with Gasteiger partial charge in [0, 0.05) is 0 Å². The van der Waals surface area contributed by atoms with Crippen molar-refractivity contribution >= 4 is 5.97 Å². The van der Waals surface area contributed by atoms with Crippen LogP contribution in [0.2, 0.25) is 0 Å². The van der Waals surface area contributed by atoms with Crippen LogP contribution in [-0.2, 0) is 11.3 Å². The molecular formula is C12H19N3O3. The van der Waals surface area contributed by atoms with Crippen molar-refractivity contribution in [3.8, 4) is 5.75 Å². The van der Waals surface area contributed by atoms with Gasteiger partial charge < -0.3 is 15.2 Å². The lowest BCUT2D eigenvalue weighted by atomic mass is 9.93. The van der Waals surface area contributed by atoms with E-state index in [0.717, 1.165) is 12.8 Å². The number of carboxylic acid groups (broad SMARTS) is 1. The molecular weight excluding hydrogens is 234 g/mol. The molecule has 0 amide bonds. The number of aromatic nitrogens is 2. The lowest BCUT2D eigenvalue weighted by Gasteiger charge is -2.28. The van der Waals surface area contributed by atoms with E-state index < -0.39 is 11.5 Å². The third-order valence-electron chi connectivity index (χ3n) is 3.43. The fourth-order valence-electron chi connectivity index (χ4n) is 2.27. The molecule has 1 atom stereocenters. The zero-order valence-electron chi connectivity index (χ0n) is 10.7. The molecule has 1 aromatic rings. The molecule has 0 saturated heterocycles. The van der Waals surface area contributed by atoms with E-state index in [1.54, 1.807) is 24.1 Å². The summed E-state index contributed by atoms with van der Waals surface area (Å²) in [5, 5.41) is 16.6. The smallest absolute Gasteiger partial charge is 0.326 e. The van der Waals surface area contributed by atoms with Gasteiger partial charge >= 0.3 is 5.97 Å². The van der Waals surface area contributed by atoms with Crippen LogP contribution >= 0.6 is 0 Å².